The predicted octanol–water partition coefficient (Wildman–Crippen LogP) is 2.53. The Morgan fingerprint density at radius 2 is 1.92 bits per heavy atom. The van der Waals surface area contributed by atoms with Crippen molar-refractivity contribution in [3.63, 3.8) is 0 Å². The van der Waals surface area contributed by atoms with Gasteiger partial charge in [0.2, 0.25) is 0 Å². The van der Waals surface area contributed by atoms with Crippen LogP contribution in [0.25, 0.3) is 10.9 Å². The number of carbonyl (C=O) groups excluding carboxylic acids is 1. The van der Waals surface area contributed by atoms with Gasteiger partial charge >= 0.3 is 0 Å². The van der Waals surface area contributed by atoms with Crippen LogP contribution in [0.4, 0.5) is 0 Å². The molecule has 1 aliphatic heterocycles. The molecule has 0 bridgehead atoms. The topological polar surface area (TPSA) is 51.1 Å². The van der Waals surface area contributed by atoms with Gasteiger partial charge in [-0.15, -0.1) is 0 Å². The monoisotopic (exact) mass is 318 g/mol. The third-order valence-corrected chi connectivity index (χ3v) is 4.59. The summed E-state index contributed by atoms with van der Waals surface area (Å²) in [5.41, 5.74) is 3.36. The highest BCUT2D eigenvalue weighted by Gasteiger charge is 2.20. The van der Waals surface area contributed by atoms with E-state index < -0.39 is 0 Å². The first-order valence-corrected chi connectivity index (χ1v) is 8.21. The first-order valence-electron chi connectivity index (χ1n) is 8.21. The molecular weight excluding hydrogens is 300 g/mol. The van der Waals surface area contributed by atoms with Gasteiger partial charge in [-0.2, -0.15) is 0 Å². The number of nitrogens with one attached hydrogen (secondary N) is 1. The van der Waals surface area contributed by atoms with Crippen LogP contribution in [0.2, 0.25) is 0 Å². The number of amides is 1. The number of aryl methyl sites for hydroxylation is 2. The van der Waals surface area contributed by atoms with Crippen molar-refractivity contribution >= 4 is 16.8 Å². The molecule has 1 N–H and O–H groups in total. The predicted molar refractivity (Wildman–Crippen MR) is 94.4 cm³/mol. The van der Waals surface area contributed by atoms with Gasteiger partial charge in [0, 0.05) is 13.1 Å². The van der Waals surface area contributed by atoms with Gasteiger partial charge in [0.25, 0.3) is 11.5 Å². The average Bonchev–Trinajstić information content (AvgIpc) is 3.05. The molecule has 0 saturated heterocycles. The third-order valence-electron chi connectivity index (χ3n) is 4.59. The minimum Gasteiger partial charge on any atom is -0.352 e. The number of hydrogen-bond acceptors (Lipinski definition) is 2. The molecule has 2 aromatic carbocycles. The van der Waals surface area contributed by atoms with E-state index in [4.69, 9.17) is 0 Å². The summed E-state index contributed by atoms with van der Waals surface area (Å²) in [5.74, 6) is -0.293. The second-order valence-corrected chi connectivity index (χ2v) is 6.11. The number of para-hydroxylation sites is 1. The molecule has 4 rings (SSSR count). The second-order valence-electron chi connectivity index (χ2n) is 6.11. The molecule has 0 aliphatic carbocycles. The number of aromatic nitrogens is 1. The van der Waals surface area contributed by atoms with E-state index in [-0.39, 0.29) is 17.0 Å². The summed E-state index contributed by atoms with van der Waals surface area (Å²) in [5, 5.41) is 3.83. The van der Waals surface area contributed by atoms with Crippen molar-refractivity contribution in [2.45, 2.75) is 19.4 Å². The average molecular weight is 318 g/mol. The van der Waals surface area contributed by atoms with Crippen LogP contribution < -0.4 is 10.9 Å². The second kappa shape index (κ2) is 5.96. The van der Waals surface area contributed by atoms with Crippen molar-refractivity contribution in [3.8, 4) is 0 Å². The highest BCUT2D eigenvalue weighted by atomic mass is 16.2. The molecule has 24 heavy (non-hydrogen) atoms. The Kier molecular flexibility index (Phi) is 3.65. The zero-order valence-corrected chi connectivity index (χ0v) is 13.3. The molecule has 0 fully saturated rings. The molecule has 4 heteroatoms. The maximum absolute atomic E-state index is 12.6. The summed E-state index contributed by atoms with van der Waals surface area (Å²) < 4.78 is 1.73. The highest BCUT2D eigenvalue weighted by molar-refractivity contribution is 5.98. The Bertz CT molecular complexity index is 974. The van der Waals surface area contributed by atoms with E-state index in [1.54, 1.807) is 10.6 Å². The maximum Gasteiger partial charge on any atom is 0.263 e. The molecule has 120 valence electrons. The molecule has 0 unspecified atom stereocenters. The quantitative estimate of drug-likeness (QED) is 0.804. The minimum absolute atomic E-state index is 0.190. The van der Waals surface area contributed by atoms with Gasteiger partial charge in [-0.25, -0.2) is 0 Å². The molecule has 0 radical (unpaired) electrons. The Morgan fingerprint density at radius 1 is 1.08 bits per heavy atom. The van der Waals surface area contributed by atoms with E-state index in [1.807, 2.05) is 48.5 Å². The normalized spacial score (nSPS) is 12.5. The van der Waals surface area contributed by atoms with Crippen LogP contribution in [0, 0.1) is 0 Å². The molecule has 1 aliphatic rings. The van der Waals surface area contributed by atoms with Crippen molar-refractivity contribution in [1.29, 1.82) is 0 Å². The molecule has 2 heterocycles. The fourth-order valence-electron chi connectivity index (χ4n) is 3.39. The smallest absolute Gasteiger partial charge is 0.263 e. The molecular formula is C20H18N2O2. The lowest BCUT2D eigenvalue weighted by atomic mass is 10.1. The maximum atomic E-state index is 12.6. The van der Waals surface area contributed by atoms with Crippen molar-refractivity contribution in [1.82, 2.24) is 9.88 Å². The molecule has 0 saturated carbocycles. The first kappa shape index (κ1) is 14.7. The Hall–Kier alpha value is -2.88. The van der Waals surface area contributed by atoms with E-state index in [0.717, 1.165) is 29.3 Å². The van der Waals surface area contributed by atoms with Crippen LogP contribution in [0.5, 0.6) is 0 Å². The van der Waals surface area contributed by atoms with Crippen molar-refractivity contribution in [2.75, 3.05) is 6.54 Å². The fraction of sp³-hybridized carbons (Fsp3) is 0.200. The van der Waals surface area contributed by atoms with Crippen LogP contribution in [-0.4, -0.2) is 17.0 Å². The minimum atomic E-state index is -0.293. The number of rotatable bonds is 4. The van der Waals surface area contributed by atoms with Gasteiger partial charge in [-0.1, -0.05) is 48.5 Å². The third kappa shape index (κ3) is 2.50. The number of carbonyl (C=O) groups is 1. The van der Waals surface area contributed by atoms with E-state index in [0.29, 0.717) is 13.1 Å². The van der Waals surface area contributed by atoms with Crippen molar-refractivity contribution in [3.05, 3.63) is 81.6 Å². The van der Waals surface area contributed by atoms with E-state index in [2.05, 4.69) is 5.32 Å². The molecule has 0 atom stereocenters. The zero-order valence-electron chi connectivity index (χ0n) is 13.3. The summed E-state index contributed by atoms with van der Waals surface area (Å²) in [6.07, 6.45) is 1.60. The Balaban J connectivity index is 1.57. The fourth-order valence-corrected chi connectivity index (χ4v) is 3.39. The molecule has 1 aromatic heterocycles. The van der Waals surface area contributed by atoms with Gasteiger partial charge in [0.05, 0.1) is 5.52 Å². The van der Waals surface area contributed by atoms with E-state index >= 15 is 0 Å². The highest BCUT2D eigenvalue weighted by Crippen LogP contribution is 2.24. The van der Waals surface area contributed by atoms with Crippen LogP contribution in [0.15, 0.2) is 59.4 Å². The van der Waals surface area contributed by atoms with Crippen LogP contribution in [0.3, 0.4) is 0 Å². The van der Waals surface area contributed by atoms with E-state index in [1.165, 1.54) is 5.56 Å². The largest absolute Gasteiger partial charge is 0.352 e. The summed E-state index contributed by atoms with van der Waals surface area (Å²) in [6, 6.07) is 17.7. The molecule has 3 aromatic rings. The summed E-state index contributed by atoms with van der Waals surface area (Å²) in [4.78, 5) is 25.1. The standard InChI is InChI=1S/C20H18N2O2/c23-19(21-11-9-14-5-2-1-3-6-14)17-13-16-8-4-7-15-10-12-22(18(15)16)20(17)24/h1-8,13H,9-12H2,(H,21,23). The Labute approximate surface area is 139 Å². The lowest BCUT2D eigenvalue weighted by Crippen LogP contribution is -2.33. The van der Waals surface area contributed by atoms with E-state index in [9.17, 15) is 9.59 Å². The Morgan fingerprint density at radius 3 is 2.75 bits per heavy atom. The van der Waals surface area contributed by atoms with Crippen molar-refractivity contribution in [2.24, 2.45) is 0 Å². The van der Waals surface area contributed by atoms with Crippen LogP contribution in [-0.2, 0) is 19.4 Å². The SMILES string of the molecule is O=C(NCCc1ccccc1)c1cc2cccc3c2n(c1=O)CC3. The van der Waals surface area contributed by atoms with Crippen LogP contribution in [0.1, 0.15) is 21.5 Å². The zero-order chi connectivity index (χ0) is 16.5. The summed E-state index contributed by atoms with van der Waals surface area (Å²) >= 11 is 0. The van der Waals surface area contributed by atoms with Gasteiger partial charge in [-0.05, 0) is 35.4 Å². The van der Waals surface area contributed by atoms with Crippen LogP contribution >= 0.6 is 0 Å². The van der Waals surface area contributed by atoms with Gasteiger partial charge < -0.3 is 9.88 Å². The van der Waals surface area contributed by atoms with Gasteiger partial charge in [0.15, 0.2) is 0 Å². The van der Waals surface area contributed by atoms with Gasteiger partial charge in [0.1, 0.15) is 5.56 Å². The summed E-state index contributed by atoms with van der Waals surface area (Å²) in [6.45, 7) is 1.17. The number of hydrogen-bond donors (Lipinski definition) is 1. The lowest BCUT2D eigenvalue weighted by molar-refractivity contribution is 0.0952. The van der Waals surface area contributed by atoms with Crippen molar-refractivity contribution < 1.29 is 4.79 Å². The number of pyridine rings is 1. The lowest BCUT2D eigenvalue weighted by Gasteiger charge is -2.09. The molecule has 1 amide bonds. The molecule has 0 spiro atoms. The molecule has 4 nitrogen and oxygen atoms in total. The first-order chi connectivity index (χ1) is 11.7. The number of benzene rings is 2. The number of nitrogens with zero attached hydrogens (tertiary/aromatic N) is 1. The van der Waals surface area contributed by atoms with Gasteiger partial charge in [-0.3, -0.25) is 9.59 Å². The summed E-state index contributed by atoms with van der Waals surface area (Å²) in [7, 11) is 0.